The molecule has 0 bridgehead atoms. The van der Waals surface area contributed by atoms with Crippen LogP contribution < -0.4 is 4.74 Å². The highest BCUT2D eigenvalue weighted by atomic mass is 32.2. The van der Waals surface area contributed by atoms with E-state index in [2.05, 4.69) is 25.5 Å². The Hall–Kier alpha value is -2.94. The van der Waals surface area contributed by atoms with Gasteiger partial charge < -0.3 is 4.74 Å². The number of tetrazole rings is 1. The maximum absolute atomic E-state index is 5.17. The molecule has 0 atom stereocenters. The lowest BCUT2D eigenvalue weighted by atomic mass is 10.3. The maximum Gasteiger partial charge on any atom is 0.233 e. The van der Waals surface area contributed by atoms with E-state index in [1.807, 2.05) is 47.1 Å². The van der Waals surface area contributed by atoms with Crippen LogP contribution in [0.4, 0.5) is 0 Å². The summed E-state index contributed by atoms with van der Waals surface area (Å²) in [5.74, 6) is 2.13. The van der Waals surface area contributed by atoms with E-state index < -0.39 is 0 Å². The van der Waals surface area contributed by atoms with Gasteiger partial charge in [-0.2, -0.15) is 4.68 Å². The van der Waals surface area contributed by atoms with Crippen LogP contribution in [-0.2, 0) is 5.75 Å². The van der Waals surface area contributed by atoms with E-state index in [9.17, 15) is 0 Å². The third-order valence-corrected chi connectivity index (χ3v) is 4.35. The predicted octanol–water partition coefficient (Wildman–Crippen LogP) is 2.01. The zero-order valence-corrected chi connectivity index (χ0v) is 13.6. The van der Waals surface area contributed by atoms with Gasteiger partial charge in [-0.15, -0.1) is 5.10 Å². The molecule has 3 aromatic heterocycles. The van der Waals surface area contributed by atoms with Crippen molar-refractivity contribution in [3.63, 3.8) is 0 Å². The largest absolute Gasteiger partial charge is 0.497 e. The minimum Gasteiger partial charge on any atom is -0.497 e. The normalized spacial score (nSPS) is 11.0. The van der Waals surface area contributed by atoms with Gasteiger partial charge in [0.25, 0.3) is 0 Å². The van der Waals surface area contributed by atoms with Crippen molar-refractivity contribution in [1.82, 2.24) is 34.6 Å². The molecule has 4 rings (SSSR count). The molecule has 0 saturated heterocycles. The number of hydrogen-bond donors (Lipinski definition) is 0. The van der Waals surface area contributed by atoms with Crippen molar-refractivity contribution in [3.05, 3.63) is 54.6 Å². The molecule has 24 heavy (non-hydrogen) atoms. The number of ether oxygens (including phenoxy) is 1. The van der Waals surface area contributed by atoms with Gasteiger partial charge in [-0.05, 0) is 40.8 Å². The highest BCUT2D eigenvalue weighted by molar-refractivity contribution is 7.98. The molecule has 0 unspecified atom stereocenters. The van der Waals surface area contributed by atoms with Crippen LogP contribution in [0.5, 0.6) is 5.75 Å². The fourth-order valence-electron chi connectivity index (χ4n) is 2.24. The molecule has 0 amide bonds. The lowest BCUT2D eigenvalue weighted by Gasteiger charge is -2.04. The van der Waals surface area contributed by atoms with Crippen LogP contribution in [0.2, 0.25) is 0 Å². The Bertz CT molecular complexity index is 930. The second-order valence-electron chi connectivity index (χ2n) is 4.92. The van der Waals surface area contributed by atoms with Gasteiger partial charge in [-0.1, -0.05) is 11.8 Å². The first kappa shape index (κ1) is 14.6. The first-order valence-electron chi connectivity index (χ1n) is 7.18. The molecule has 3 heterocycles. The van der Waals surface area contributed by atoms with Crippen LogP contribution in [-0.4, -0.2) is 41.7 Å². The second kappa shape index (κ2) is 6.28. The lowest BCUT2D eigenvalue weighted by Crippen LogP contribution is -1.99. The third-order valence-electron chi connectivity index (χ3n) is 3.39. The number of rotatable bonds is 5. The Morgan fingerprint density at radius 1 is 1.21 bits per heavy atom. The minimum atomic E-state index is 0.653. The lowest BCUT2D eigenvalue weighted by molar-refractivity contribution is 0.414. The van der Waals surface area contributed by atoms with Crippen molar-refractivity contribution >= 4 is 17.5 Å². The van der Waals surface area contributed by atoms with Gasteiger partial charge in [0.05, 0.1) is 18.5 Å². The summed E-state index contributed by atoms with van der Waals surface area (Å²) in [7, 11) is 1.64. The Morgan fingerprint density at radius 2 is 2.08 bits per heavy atom. The molecule has 0 saturated carbocycles. The van der Waals surface area contributed by atoms with Gasteiger partial charge >= 0.3 is 0 Å². The zero-order chi connectivity index (χ0) is 16.4. The summed E-state index contributed by atoms with van der Waals surface area (Å²) >= 11 is 1.52. The average molecular weight is 339 g/mol. The van der Waals surface area contributed by atoms with Gasteiger partial charge in [0, 0.05) is 24.3 Å². The van der Waals surface area contributed by atoms with Gasteiger partial charge in [-0.3, -0.25) is 4.40 Å². The number of nitrogens with zero attached hydrogens (tertiary/aromatic N) is 7. The first-order valence-corrected chi connectivity index (χ1v) is 8.16. The van der Waals surface area contributed by atoms with E-state index in [1.165, 1.54) is 11.8 Å². The van der Waals surface area contributed by atoms with Gasteiger partial charge in [0.15, 0.2) is 0 Å². The molecule has 0 N–H and O–H groups in total. The molecule has 120 valence electrons. The highest BCUT2D eigenvalue weighted by Crippen LogP contribution is 2.23. The van der Waals surface area contributed by atoms with E-state index >= 15 is 0 Å². The Balaban J connectivity index is 1.53. The van der Waals surface area contributed by atoms with Gasteiger partial charge in [0.1, 0.15) is 5.75 Å². The van der Waals surface area contributed by atoms with Crippen molar-refractivity contribution in [3.8, 4) is 11.4 Å². The average Bonchev–Trinajstić information content (AvgIpc) is 3.26. The summed E-state index contributed by atoms with van der Waals surface area (Å²) in [5, 5.41) is 12.6. The van der Waals surface area contributed by atoms with Crippen LogP contribution in [0.1, 0.15) is 5.69 Å². The quantitative estimate of drug-likeness (QED) is 0.514. The van der Waals surface area contributed by atoms with Crippen molar-refractivity contribution < 1.29 is 4.74 Å². The molecule has 4 aromatic rings. The van der Waals surface area contributed by atoms with E-state index in [0.29, 0.717) is 16.7 Å². The van der Waals surface area contributed by atoms with Crippen molar-refractivity contribution in [2.24, 2.45) is 0 Å². The predicted molar refractivity (Wildman–Crippen MR) is 88.3 cm³/mol. The van der Waals surface area contributed by atoms with E-state index in [1.54, 1.807) is 18.0 Å². The molecule has 8 nitrogen and oxygen atoms in total. The summed E-state index contributed by atoms with van der Waals surface area (Å²) in [6.07, 6.45) is 5.60. The van der Waals surface area contributed by atoms with E-state index in [-0.39, 0.29) is 0 Å². The number of aromatic nitrogens is 7. The van der Waals surface area contributed by atoms with Crippen molar-refractivity contribution in [1.29, 1.82) is 0 Å². The molecule has 0 fully saturated rings. The number of imidazole rings is 1. The van der Waals surface area contributed by atoms with Crippen LogP contribution in [0.15, 0.2) is 54.1 Å². The summed E-state index contributed by atoms with van der Waals surface area (Å²) in [6.45, 7) is 0. The monoisotopic (exact) mass is 339 g/mol. The number of hydrogen-bond acceptors (Lipinski definition) is 7. The molecule has 0 aliphatic heterocycles. The molecular formula is C15H13N7OS. The smallest absolute Gasteiger partial charge is 0.233 e. The van der Waals surface area contributed by atoms with Crippen molar-refractivity contribution in [2.75, 3.05) is 7.11 Å². The Labute approximate surface area is 141 Å². The topological polar surface area (TPSA) is 83.0 Å². The van der Waals surface area contributed by atoms with E-state index in [4.69, 9.17) is 4.74 Å². The van der Waals surface area contributed by atoms with Crippen LogP contribution >= 0.6 is 11.8 Å². The zero-order valence-electron chi connectivity index (χ0n) is 12.8. The molecule has 0 radical (unpaired) electrons. The summed E-state index contributed by atoms with van der Waals surface area (Å²) in [5.41, 5.74) is 1.79. The summed E-state index contributed by atoms with van der Waals surface area (Å²) < 4.78 is 8.75. The van der Waals surface area contributed by atoms with E-state index in [0.717, 1.165) is 17.1 Å². The van der Waals surface area contributed by atoms with Crippen LogP contribution in [0, 0.1) is 0 Å². The van der Waals surface area contributed by atoms with Crippen LogP contribution in [0.25, 0.3) is 11.5 Å². The first-order chi connectivity index (χ1) is 11.8. The van der Waals surface area contributed by atoms with Crippen molar-refractivity contribution in [2.45, 2.75) is 10.9 Å². The second-order valence-corrected chi connectivity index (χ2v) is 5.86. The summed E-state index contributed by atoms with van der Waals surface area (Å²) in [4.78, 5) is 8.69. The molecule has 1 aromatic carbocycles. The molecule has 0 aliphatic carbocycles. The molecule has 0 spiro atoms. The maximum atomic E-state index is 5.17. The SMILES string of the molecule is COc1ccc(-n2nnnc2SCc2cn3cccnc3n2)cc1. The summed E-state index contributed by atoms with van der Waals surface area (Å²) in [6, 6.07) is 9.44. The molecule has 9 heteroatoms. The number of methoxy groups -OCH3 is 1. The number of fused-ring (bicyclic) bond motifs is 1. The fourth-order valence-corrected chi connectivity index (χ4v) is 3.02. The Morgan fingerprint density at radius 3 is 2.88 bits per heavy atom. The minimum absolute atomic E-state index is 0.653. The fraction of sp³-hybridized carbons (Fsp3) is 0.133. The van der Waals surface area contributed by atoms with Gasteiger partial charge in [-0.25, -0.2) is 9.97 Å². The van der Waals surface area contributed by atoms with Crippen LogP contribution in [0.3, 0.4) is 0 Å². The molecule has 0 aliphatic rings. The number of thioether (sulfide) groups is 1. The molecular weight excluding hydrogens is 326 g/mol. The van der Waals surface area contributed by atoms with Gasteiger partial charge in [0.2, 0.25) is 10.9 Å². The highest BCUT2D eigenvalue weighted by Gasteiger charge is 2.11. The Kier molecular flexibility index (Phi) is 3.83. The number of benzene rings is 1. The third kappa shape index (κ3) is 2.81. The standard InChI is InChI=1S/C15H13N7OS/c1-23-13-5-3-12(4-6-13)22-15(18-19-20-22)24-10-11-9-21-8-2-7-16-14(21)17-11/h2-9H,10H2,1H3.